The summed E-state index contributed by atoms with van der Waals surface area (Å²) in [4.78, 5) is 27.9. The summed E-state index contributed by atoms with van der Waals surface area (Å²) in [5.74, 6) is -1.10. The van der Waals surface area contributed by atoms with Crippen LogP contribution in [0, 0.1) is 13.8 Å². The first-order valence-electron chi connectivity index (χ1n) is 8.15. The molecule has 0 spiro atoms. The van der Waals surface area contributed by atoms with Crippen LogP contribution < -0.4 is 5.32 Å². The third-order valence-electron chi connectivity index (χ3n) is 3.72. The number of anilines is 1. The Bertz CT molecular complexity index is 983. The number of hydrogen-bond acceptors (Lipinski definition) is 5. The van der Waals surface area contributed by atoms with Crippen LogP contribution in [0.2, 0.25) is 5.15 Å². The van der Waals surface area contributed by atoms with Crippen LogP contribution in [0.1, 0.15) is 21.7 Å². The van der Waals surface area contributed by atoms with Gasteiger partial charge in [0, 0.05) is 11.9 Å². The quantitative estimate of drug-likeness (QED) is 0.538. The van der Waals surface area contributed by atoms with Gasteiger partial charge in [-0.05, 0) is 56.3 Å². The van der Waals surface area contributed by atoms with Gasteiger partial charge in [-0.25, -0.2) is 14.5 Å². The number of ether oxygens (including phenoxy) is 1. The Balaban J connectivity index is 1.59. The zero-order chi connectivity index (χ0) is 19.4. The molecule has 1 amide bonds. The van der Waals surface area contributed by atoms with Crippen molar-refractivity contribution in [2.24, 2.45) is 0 Å². The molecule has 0 aliphatic heterocycles. The van der Waals surface area contributed by atoms with Gasteiger partial charge in [0.1, 0.15) is 0 Å². The van der Waals surface area contributed by atoms with Crippen LogP contribution >= 0.6 is 11.6 Å². The highest BCUT2D eigenvalue weighted by molar-refractivity contribution is 6.32. The van der Waals surface area contributed by atoms with Crippen molar-refractivity contribution in [3.63, 3.8) is 0 Å². The second-order valence-corrected chi connectivity index (χ2v) is 6.21. The zero-order valence-electron chi connectivity index (χ0n) is 14.8. The molecule has 0 saturated heterocycles. The lowest BCUT2D eigenvalue weighted by Gasteiger charge is -2.08. The number of nitrogens with one attached hydrogen (secondary N) is 1. The molecule has 8 heteroatoms. The molecule has 0 saturated carbocycles. The minimum absolute atomic E-state index is 0.164. The third kappa shape index (κ3) is 4.51. The first-order valence-corrected chi connectivity index (χ1v) is 8.53. The fraction of sp³-hybridized carbons (Fsp3) is 0.158. The van der Waals surface area contributed by atoms with Gasteiger partial charge in [-0.1, -0.05) is 11.6 Å². The standard InChI is InChI=1S/C19H17ClN4O3/c1-12-10-13(2)24(23-12)15-7-5-14(6-8-15)19(26)27-11-17(25)22-16-4-3-9-21-18(16)20/h3-10H,11H2,1-2H3,(H,22,25). The largest absolute Gasteiger partial charge is 0.452 e. The van der Waals surface area contributed by atoms with Gasteiger partial charge in [0.15, 0.2) is 11.8 Å². The SMILES string of the molecule is Cc1cc(C)n(-c2ccc(C(=O)OCC(=O)Nc3cccnc3Cl)cc2)n1. The van der Waals surface area contributed by atoms with Crippen LogP contribution in [0.15, 0.2) is 48.7 Å². The van der Waals surface area contributed by atoms with E-state index in [4.69, 9.17) is 16.3 Å². The average molecular weight is 385 g/mol. The van der Waals surface area contributed by atoms with E-state index in [1.54, 1.807) is 41.1 Å². The maximum Gasteiger partial charge on any atom is 0.338 e. The van der Waals surface area contributed by atoms with E-state index in [1.165, 1.54) is 6.20 Å². The van der Waals surface area contributed by atoms with Crippen LogP contribution in [-0.2, 0) is 9.53 Å². The fourth-order valence-corrected chi connectivity index (χ4v) is 2.68. The zero-order valence-corrected chi connectivity index (χ0v) is 15.5. The monoisotopic (exact) mass is 384 g/mol. The van der Waals surface area contributed by atoms with Gasteiger partial charge >= 0.3 is 5.97 Å². The third-order valence-corrected chi connectivity index (χ3v) is 4.03. The van der Waals surface area contributed by atoms with Gasteiger partial charge in [-0.15, -0.1) is 0 Å². The molecular weight excluding hydrogens is 368 g/mol. The van der Waals surface area contributed by atoms with Gasteiger partial charge in [0.2, 0.25) is 0 Å². The molecule has 0 unspecified atom stereocenters. The molecule has 0 fully saturated rings. The molecule has 0 atom stereocenters. The topological polar surface area (TPSA) is 86.1 Å². The van der Waals surface area contributed by atoms with Gasteiger partial charge in [-0.3, -0.25) is 4.79 Å². The number of pyridine rings is 1. The lowest BCUT2D eigenvalue weighted by atomic mass is 10.2. The average Bonchev–Trinajstić information content (AvgIpc) is 3.00. The fourth-order valence-electron chi connectivity index (χ4n) is 2.51. The van der Waals surface area contributed by atoms with Crippen molar-refractivity contribution in [1.29, 1.82) is 0 Å². The number of esters is 1. The lowest BCUT2D eigenvalue weighted by Crippen LogP contribution is -2.21. The highest BCUT2D eigenvalue weighted by Crippen LogP contribution is 2.17. The molecule has 2 aromatic heterocycles. The molecule has 138 valence electrons. The number of carbonyl (C=O) groups is 2. The van der Waals surface area contributed by atoms with E-state index in [1.807, 2.05) is 19.9 Å². The summed E-state index contributed by atoms with van der Waals surface area (Å²) < 4.78 is 6.83. The number of nitrogens with zero attached hydrogens (tertiary/aromatic N) is 3. The summed E-state index contributed by atoms with van der Waals surface area (Å²) in [6.45, 7) is 3.44. The number of rotatable bonds is 5. The molecule has 3 rings (SSSR count). The second kappa shape index (κ2) is 8.01. The van der Waals surface area contributed by atoms with Gasteiger partial charge in [0.25, 0.3) is 5.91 Å². The molecule has 3 aromatic rings. The maximum absolute atomic E-state index is 12.1. The number of aryl methyl sites for hydroxylation is 2. The van der Waals surface area contributed by atoms with E-state index in [0.717, 1.165) is 17.1 Å². The Morgan fingerprint density at radius 3 is 2.56 bits per heavy atom. The first kappa shape index (κ1) is 18.6. The van der Waals surface area contributed by atoms with E-state index in [0.29, 0.717) is 11.3 Å². The van der Waals surface area contributed by atoms with Crippen molar-refractivity contribution in [2.75, 3.05) is 11.9 Å². The lowest BCUT2D eigenvalue weighted by molar-refractivity contribution is -0.119. The minimum atomic E-state index is -0.595. The van der Waals surface area contributed by atoms with E-state index < -0.39 is 18.5 Å². The molecule has 0 radical (unpaired) electrons. The van der Waals surface area contributed by atoms with Crippen LogP contribution in [-0.4, -0.2) is 33.2 Å². The summed E-state index contributed by atoms with van der Waals surface area (Å²) >= 11 is 5.86. The summed E-state index contributed by atoms with van der Waals surface area (Å²) in [6.07, 6.45) is 1.51. The Morgan fingerprint density at radius 1 is 1.19 bits per heavy atom. The number of aromatic nitrogens is 3. The Kier molecular flexibility index (Phi) is 5.52. The van der Waals surface area contributed by atoms with Crippen LogP contribution in [0.25, 0.3) is 5.69 Å². The predicted molar refractivity (Wildman–Crippen MR) is 101 cm³/mol. The molecule has 27 heavy (non-hydrogen) atoms. The normalized spacial score (nSPS) is 10.5. The maximum atomic E-state index is 12.1. The Hall–Kier alpha value is -3.19. The highest BCUT2D eigenvalue weighted by Gasteiger charge is 2.12. The van der Waals surface area contributed by atoms with Gasteiger partial charge in [-0.2, -0.15) is 5.10 Å². The number of hydrogen-bond donors (Lipinski definition) is 1. The molecule has 1 N–H and O–H groups in total. The van der Waals surface area contributed by atoms with Crippen LogP contribution in [0.5, 0.6) is 0 Å². The molecule has 1 aromatic carbocycles. The van der Waals surface area contributed by atoms with E-state index in [-0.39, 0.29) is 5.15 Å². The highest BCUT2D eigenvalue weighted by atomic mass is 35.5. The van der Waals surface area contributed by atoms with Crippen LogP contribution in [0.4, 0.5) is 5.69 Å². The Labute approximate surface area is 160 Å². The molecule has 0 bridgehead atoms. The van der Waals surface area contributed by atoms with Crippen molar-refractivity contribution in [2.45, 2.75) is 13.8 Å². The molecular formula is C19H17ClN4O3. The summed E-state index contributed by atoms with van der Waals surface area (Å²) in [5.41, 5.74) is 3.44. The van der Waals surface area contributed by atoms with E-state index in [9.17, 15) is 9.59 Å². The van der Waals surface area contributed by atoms with E-state index >= 15 is 0 Å². The molecule has 0 aliphatic rings. The summed E-state index contributed by atoms with van der Waals surface area (Å²) in [7, 11) is 0. The van der Waals surface area contributed by atoms with Gasteiger partial charge in [0.05, 0.1) is 22.6 Å². The number of halogens is 1. The van der Waals surface area contributed by atoms with E-state index in [2.05, 4.69) is 15.4 Å². The van der Waals surface area contributed by atoms with Crippen molar-refractivity contribution in [3.05, 3.63) is 70.8 Å². The first-order chi connectivity index (χ1) is 12.9. The predicted octanol–water partition coefficient (Wildman–Crippen LogP) is 3.33. The van der Waals surface area contributed by atoms with Crippen LogP contribution in [0.3, 0.4) is 0 Å². The Morgan fingerprint density at radius 2 is 1.93 bits per heavy atom. The minimum Gasteiger partial charge on any atom is -0.452 e. The smallest absolute Gasteiger partial charge is 0.338 e. The number of amides is 1. The second-order valence-electron chi connectivity index (χ2n) is 5.85. The molecule has 2 heterocycles. The van der Waals surface area contributed by atoms with Crippen molar-refractivity contribution in [1.82, 2.24) is 14.8 Å². The van der Waals surface area contributed by atoms with Crippen molar-refractivity contribution < 1.29 is 14.3 Å². The van der Waals surface area contributed by atoms with Crippen molar-refractivity contribution in [3.8, 4) is 5.69 Å². The number of benzene rings is 1. The summed E-state index contributed by atoms with van der Waals surface area (Å²) in [5, 5.41) is 7.09. The van der Waals surface area contributed by atoms with Gasteiger partial charge < -0.3 is 10.1 Å². The van der Waals surface area contributed by atoms with Crippen molar-refractivity contribution >= 4 is 29.2 Å². The number of carbonyl (C=O) groups excluding carboxylic acids is 2. The molecule has 7 nitrogen and oxygen atoms in total. The summed E-state index contributed by atoms with van der Waals surface area (Å²) in [6, 6.07) is 12.0. The molecule has 0 aliphatic carbocycles.